The van der Waals surface area contributed by atoms with Gasteiger partial charge in [0.05, 0.1) is 12.8 Å². The SMILES string of the molecule is COc1cccc(-n2c(CC3CC(=O)NC(=O)N3)nnc2SCCC(C)C)c1. The Morgan fingerprint density at radius 3 is 2.86 bits per heavy atom. The largest absolute Gasteiger partial charge is 0.497 e. The molecule has 0 aliphatic carbocycles. The van der Waals surface area contributed by atoms with Crippen LogP contribution in [-0.4, -0.2) is 45.6 Å². The molecule has 1 aromatic carbocycles. The fourth-order valence-corrected chi connectivity index (χ4v) is 4.15. The van der Waals surface area contributed by atoms with Crippen molar-refractivity contribution in [2.45, 2.75) is 44.3 Å². The molecule has 28 heavy (non-hydrogen) atoms. The van der Waals surface area contributed by atoms with Crippen LogP contribution in [0.15, 0.2) is 29.4 Å². The van der Waals surface area contributed by atoms with Crippen molar-refractivity contribution < 1.29 is 14.3 Å². The molecule has 3 amide bonds. The lowest BCUT2D eigenvalue weighted by Gasteiger charge is -2.23. The number of benzene rings is 1. The van der Waals surface area contributed by atoms with Gasteiger partial charge in [0.2, 0.25) is 5.91 Å². The zero-order valence-corrected chi connectivity index (χ0v) is 17.1. The Bertz CT molecular complexity index is 836. The first-order chi connectivity index (χ1) is 13.5. The van der Waals surface area contributed by atoms with E-state index >= 15 is 0 Å². The Balaban J connectivity index is 1.89. The first-order valence-electron chi connectivity index (χ1n) is 9.28. The summed E-state index contributed by atoms with van der Waals surface area (Å²) in [5.41, 5.74) is 0.887. The van der Waals surface area contributed by atoms with Gasteiger partial charge < -0.3 is 10.1 Å². The van der Waals surface area contributed by atoms with E-state index in [0.29, 0.717) is 18.2 Å². The summed E-state index contributed by atoms with van der Waals surface area (Å²) in [7, 11) is 1.63. The second-order valence-electron chi connectivity index (χ2n) is 7.09. The molecule has 1 aliphatic rings. The minimum Gasteiger partial charge on any atom is -0.497 e. The third-order valence-corrected chi connectivity index (χ3v) is 5.35. The van der Waals surface area contributed by atoms with E-state index in [1.54, 1.807) is 18.9 Å². The summed E-state index contributed by atoms with van der Waals surface area (Å²) in [4.78, 5) is 23.3. The number of carbonyl (C=O) groups excluding carboxylic acids is 2. The highest BCUT2D eigenvalue weighted by Crippen LogP contribution is 2.26. The molecule has 1 saturated heterocycles. The van der Waals surface area contributed by atoms with Crippen molar-refractivity contribution >= 4 is 23.7 Å². The third-order valence-electron chi connectivity index (χ3n) is 4.39. The molecule has 9 heteroatoms. The smallest absolute Gasteiger partial charge is 0.321 e. The number of hydrogen-bond acceptors (Lipinski definition) is 6. The minimum atomic E-state index is -0.472. The first-order valence-corrected chi connectivity index (χ1v) is 10.3. The zero-order chi connectivity index (χ0) is 20.1. The van der Waals surface area contributed by atoms with Gasteiger partial charge in [0.25, 0.3) is 0 Å². The van der Waals surface area contributed by atoms with E-state index in [4.69, 9.17) is 4.74 Å². The Morgan fingerprint density at radius 1 is 1.32 bits per heavy atom. The van der Waals surface area contributed by atoms with Gasteiger partial charge in [-0.25, -0.2) is 4.79 Å². The number of methoxy groups -OCH3 is 1. The number of carbonyl (C=O) groups is 2. The predicted octanol–water partition coefficient (Wildman–Crippen LogP) is 2.55. The van der Waals surface area contributed by atoms with Gasteiger partial charge in [-0.05, 0) is 24.5 Å². The monoisotopic (exact) mass is 403 g/mol. The maximum Gasteiger partial charge on any atom is 0.321 e. The van der Waals surface area contributed by atoms with Gasteiger partial charge in [0.1, 0.15) is 11.6 Å². The Hall–Kier alpha value is -2.55. The molecule has 0 radical (unpaired) electrons. The Morgan fingerprint density at radius 2 is 2.14 bits per heavy atom. The maximum atomic E-state index is 11.7. The summed E-state index contributed by atoms with van der Waals surface area (Å²) >= 11 is 1.65. The second-order valence-corrected chi connectivity index (χ2v) is 8.16. The molecule has 1 fully saturated rings. The number of amides is 3. The van der Waals surface area contributed by atoms with Crippen molar-refractivity contribution in [2.75, 3.05) is 12.9 Å². The first kappa shape index (κ1) is 20.2. The highest BCUT2D eigenvalue weighted by atomic mass is 32.2. The highest BCUT2D eigenvalue weighted by molar-refractivity contribution is 7.99. The normalized spacial score (nSPS) is 16.8. The lowest BCUT2D eigenvalue weighted by Crippen LogP contribution is -2.53. The van der Waals surface area contributed by atoms with Crippen LogP contribution in [0.4, 0.5) is 4.79 Å². The van der Waals surface area contributed by atoms with Crippen molar-refractivity contribution in [2.24, 2.45) is 5.92 Å². The standard InChI is InChI=1S/C19H25N5O3S/c1-12(2)7-8-28-19-23-22-16(9-13-10-17(25)21-18(26)20-13)24(19)14-5-4-6-15(11-14)27-3/h4-6,11-13H,7-10H2,1-3H3,(H2,20,21,25,26). The number of urea groups is 1. The van der Waals surface area contributed by atoms with Crippen LogP contribution < -0.4 is 15.4 Å². The molecule has 0 spiro atoms. The number of aromatic nitrogens is 3. The van der Waals surface area contributed by atoms with Gasteiger partial charge in [-0.15, -0.1) is 10.2 Å². The summed E-state index contributed by atoms with van der Waals surface area (Å²) < 4.78 is 7.33. The van der Waals surface area contributed by atoms with Crippen LogP contribution in [0.5, 0.6) is 5.75 Å². The fourth-order valence-electron chi connectivity index (χ4n) is 2.94. The summed E-state index contributed by atoms with van der Waals surface area (Å²) in [6, 6.07) is 6.89. The molecule has 1 atom stereocenters. The van der Waals surface area contributed by atoms with Crippen LogP contribution in [0.2, 0.25) is 0 Å². The van der Waals surface area contributed by atoms with Crippen molar-refractivity contribution in [1.82, 2.24) is 25.4 Å². The minimum absolute atomic E-state index is 0.215. The van der Waals surface area contributed by atoms with E-state index in [9.17, 15) is 9.59 Å². The van der Waals surface area contributed by atoms with Crippen LogP contribution in [0.3, 0.4) is 0 Å². The quantitative estimate of drug-likeness (QED) is 0.658. The van der Waals surface area contributed by atoms with Crippen LogP contribution in [0.25, 0.3) is 5.69 Å². The van der Waals surface area contributed by atoms with Crippen molar-refractivity contribution in [1.29, 1.82) is 0 Å². The van der Waals surface area contributed by atoms with E-state index in [-0.39, 0.29) is 18.4 Å². The maximum absolute atomic E-state index is 11.7. The Kier molecular flexibility index (Phi) is 6.56. The van der Waals surface area contributed by atoms with E-state index < -0.39 is 6.03 Å². The molecule has 2 aromatic rings. The molecule has 1 aromatic heterocycles. The topological polar surface area (TPSA) is 98.1 Å². The number of nitrogens with one attached hydrogen (secondary N) is 2. The molecule has 0 saturated carbocycles. The van der Waals surface area contributed by atoms with Crippen LogP contribution >= 0.6 is 11.8 Å². The van der Waals surface area contributed by atoms with Gasteiger partial charge in [-0.3, -0.25) is 14.7 Å². The molecule has 8 nitrogen and oxygen atoms in total. The van der Waals surface area contributed by atoms with Gasteiger partial charge in [0, 0.05) is 30.7 Å². The lowest BCUT2D eigenvalue weighted by molar-refractivity contribution is -0.121. The average molecular weight is 404 g/mol. The second kappa shape index (κ2) is 9.09. The predicted molar refractivity (Wildman–Crippen MR) is 107 cm³/mol. The van der Waals surface area contributed by atoms with Gasteiger partial charge in [-0.2, -0.15) is 0 Å². The highest BCUT2D eigenvalue weighted by Gasteiger charge is 2.26. The summed E-state index contributed by atoms with van der Waals surface area (Å²) in [6.45, 7) is 4.38. The van der Waals surface area contributed by atoms with Crippen LogP contribution in [0.1, 0.15) is 32.5 Å². The van der Waals surface area contributed by atoms with Crippen molar-refractivity contribution in [3.63, 3.8) is 0 Å². The van der Waals surface area contributed by atoms with E-state index in [0.717, 1.165) is 28.8 Å². The number of nitrogens with zero attached hydrogens (tertiary/aromatic N) is 3. The van der Waals surface area contributed by atoms with Crippen molar-refractivity contribution in [3.05, 3.63) is 30.1 Å². The van der Waals surface area contributed by atoms with Crippen LogP contribution in [0, 0.1) is 5.92 Å². The average Bonchev–Trinajstić information content (AvgIpc) is 3.03. The van der Waals surface area contributed by atoms with Gasteiger partial charge in [0.15, 0.2) is 5.16 Å². The van der Waals surface area contributed by atoms with E-state index in [2.05, 4.69) is 34.7 Å². The molecule has 2 N–H and O–H groups in total. The van der Waals surface area contributed by atoms with E-state index in [1.165, 1.54) is 0 Å². The number of rotatable bonds is 8. The molecule has 0 bridgehead atoms. The third kappa shape index (κ3) is 5.03. The summed E-state index contributed by atoms with van der Waals surface area (Å²) in [6.07, 6.45) is 1.70. The van der Waals surface area contributed by atoms with E-state index in [1.807, 2.05) is 28.8 Å². The molecule has 150 valence electrons. The fraction of sp³-hybridized carbons (Fsp3) is 0.474. The molecular weight excluding hydrogens is 378 g/mol. The van der Waals surface area contributed by atoms with Gasteiger partial charge in [-0.1, -0.05) is 31.7 Å². The number of imide groups is 1. The summed E-state index contributed by atoms with van der Waals surface area (Å²) in [5, 5.41) is 14.5. The molecular formula is C19H25N5O3S. The summed E-state index contributed by atoms with van der Waals surface area (Å²) in [5.74, 6) is 2.69. The van der Waals surface area contributed by atoms with Gasteiger partial charge >= 0.3 is 6.03 Å². The number of ether oxygens (including phenoxy) is 1. The number of hydrogen-bond donors (Lipinski definition) is 2. The molecule has 1 aliphatic heterocycles. The van der Waals surface area contributed by atoms with Crippen LogP contribution in [-0.2, 0) is 11.2 Å². The zero-order valence-electron chi connectivity index (χ0n) is 16.3. The lowest BCUT2D eigenvalue weighted by atomic mass is 10.1. The number of thioether (sulfide) groups is 1. The molecule has 2 heterocycles. The Labute approximate surface area is 168 Å². The molecule has 1 unspecified atom stereocenters. The van der Waals surface area contributed by atoms with Crippen molar-refractivity contribution in [3.8, 4) is 11.4 Å². The molecule has 3 rings (SSSR count).